The summed E-state index contributed by atoms with van der Waals surface area (Å²) in [5.74, 6) is -0.449. The third-order valence-electron chi connectivity index (χ3n) is 9.50. The number of amides is 1. The molecule has 3 aromatic carbocycles. The van der Waals surface area contributed by atoms with E-state index in [1.165, 1.54) is 51.4 Å². The topological polar surface area (TPSA) is 152 Å². The van der Waals surface area contributed by atoms with Crippen molar-refractivity contribution in [2.75, 3.05) is 13.2 Å². The number of hydrogen-bond acceptors (Lipinski definition) is 8. The van der Waals surface area contributed by atoms with Crippen LogP contribution < -0.4 is 10.1 Å². The van der Waals surface area contributed by atoms with Gasteiger partial charge in [0.15, 0.2) is 6.61 Å². The number of aromatic amines is 1. The van der Waals surface area contributed by atoms with Crippen molar-refractivity contribution >= 4 is 29.6 Å². The number of carbonyl (C=O) groups is 3. The molecule has 1 amide bonds. The smallest absolute Gasteiger partial charge is 0.348 e. The Morgan fingerprint density at radius 3 is 2.04 bits per heavy atom. The van der Waals surface area contributed by atoms with Crippen LogP contribution in [0.4, 0.5) is 0 Å². The molecule has 1 aliphatic heterocycles. The maximum Gasteiger partial charge on any atom is 0.348 e. The molecule has 1 aliphatic rings. The predicted molar refractivity (Wildman–Crippen MR) is 224 cm³/mol. The van der Waals surface area contributed by atoms with Crippen LogP contribution in [-0.4, -0.2) is 63.5 Å². The largest absolute Gasteiger partial charge is 0.482 e. The summed E-state index contributed by atoms with van der Waals surface area (Å²) in [5, 5.41) is 16.3. The molecule has 0 spiro atoms. The minimum absolute atomic E-state index is 0.103. The molecule has 302 valence electrons. The van der Waals surface area contributed by atoms with Crippen molar-refractivity contribution in [2.45, 2.75) is 110 Å². The van der Waals surface area contributed by atoms with Gasteiger partial charge >= 0.3 is 11.9 Å². The second-order valence-electron chi connectivity index (χ2n) is 15.4. The minimum atomic E-state index is -1.05. The molecule has 0 bridgehead atoms. The van der Waals surface area contributed by atoms with Crippen LogP contribution >= 0.6 is 0 Å². The highest BCUT2D eigenvalue weighted by Crippen LogP contribution is 2.34. The Hall–Kier alpha value is -5.71. The number of carboxylic acids is 1. The van der Waals surface area contributed by atoms with Crippen molar-refractivity contribution in [3.63, 3.8) is 0 Å². The summed E-state index contributed by atoms with van der Waals surface area (Å²) in [6.45, 7) is 8.14. The van der Waals surface area contributed by atoms with Crippen molar-refractivity contribution in [1.82, 2.24) is 15.3 Å². The van der Waals surface area contributed by atoms with Crippen LogP contribution in [0, 0.1) is 0 Å². The molecule has 2 heterocycles. The molecular weight excluding hydrogens is 721 g/mol. The van der Waals surface area contributed by atoms with Crippen LogP contribution in [0.5, 0.6) is 5.75 Å². The van der Waals surface area contributed by atoms with Gasteiger partial charge in [-0.05, 0) is 68.7 Å². The zero-order valence-corrected chi connectivity index (χ0v) is 33.6. The lowest BCUT2D eigenvalue weighted by Gasteiger charge is -2.19. The van der Waals surface area contributed by atoms with E-state index in [1.807, 2.05) is 87.5 Å². The molecule has 3 N–H and O–H groups in total. The lowest BCUT2D eigenvalue weighted by atomic mass is 10.0. The van der Waals surface area contributed by atoms with Gasteiger partial charge in [0.25, 0.3) is 0 Å². The lowest BCUT2D eigenvalue weighted by molar-refractivity contribution is -0.157. The van der Waals surface area contributed by atoms with E-state index in [0.717, 1.165) is 46.4 Å². The van der Waals surface area contributed by atoms with Gasteiger partial charge in [-0.25, -0.2) is 14.6 Å². The second kappa shape index (κ2) is 21.0. The fraction of sp³-hybridized carbons (Fsp3) is 0.413. The minimum Gasteiger partial charge on any atom is -0.482 e. The van der Waals surface area contributed by atoms with Gasteiger partial charge in [0.2, 0.25) is 12.0 Å². The van der Waals surface area contributed by atoms with Gasteiger partial charge in [-0.1, -0.05) is 118 Å². The number of aliphatic carboxylic acids is 1. The summed E-state index contributed by atoms with van der Waals surface area (Å²) >= 11 is 0. The zero-order chi connectivity index (χ0) is 40.6. The van der Waals surface area contributed by atoms with E-state index in [1.54, 1.807) is 18.2 Å². The number of oxime groups is 1. The number of aromatic nitrogens is 2. The van der Waals surface area contributed by atoms with E-state index in [-0.39, 0.29) is 18.9 Å². The number of ether oxygens (including phenoxy) is 2. The summed E-state index contributed by atoms with van der Waals surface area (Å²) in [4.78, 5) is 49.6. The van der Waals surface area contributed by atoms with Crippen molar-refractivity contribution in [2.24, 2.45) is 5.16 Å². The number of rotatable bonds is 21. The fourth-order valence-corrected chi connectivity index (χ4v) is 6.47. The number of esters is 1. The first-order valence-corrected chi connectivity index (χ1v) is 20.2. The Kier molecular flexibility index (Phi) is 15.6. The number of carboxylic acid groups (broad SMARTS) is 1. The average molecular weight is 777 g/mol. The van der Waals surface area contributed by atoms with Gasteiger partial charge in [0.05, 0.1) is 17.1 Å². The number of carbonyl (C=O) groups excluding carboxylic acids is 2. The Balaban J connectivity index is 1.24. The van der Waals surface area contributed by atoms with E-state index < -0.39 is 23.6 Å². The SMILES string of the molecule is CCCCCCCCCCCCNC(=O)/C=C/c1ccc(-c2[nH]c(-c3ccc(C4=NOC(C(=O)O)C4)cc3)nc2-c2ccc(OCC(=O)OC(C)(C)C)cc2)cc1. The van der Waals surface area contributed by atoms with Gasteiger partial charge in [0, 0.05) is 35.7 Å². The van der Waals surface area contributed by atoms with E-state index in [9.17, 15) is 19.5 Å². The quantitative estimate of drug-likeness (QED) is 0.0430. The van der Waals surface area contributed by atoms with E-state index in [0.29, 0.717) is 29.5 Å². The highest BCUT2D eigenvalue weighted by atomic mass is 16.7. The van der Waals surface area contributed by atoms with Crippen molar-refractivity contribution < 1.29 is 33.8 Å². The summed E-state index contributed by atoms with van der Waals surface area (Å²) in [7, 11) is 0. The Morgan fingerprint density at radius 1 is 0.825 bits per heavy atom. The number of nitrogens with zero attached hydrogens (tertiary/aromatic N) is 2. The summed E-state index contributed by atoms with van der Waals surface area (Å²) in [6, 6.07) is 22.8. The van der Waals surface area contributed by atoms with Crippen LogP contribution in [0.1, 0.15) is 109 Å². The van der Waals surface area contributed by atoms with E-state index >= 15 is 0 Å². The molecule has 1 atom stereocenters. The zero-order valence-electron chi connectivity index (χ0n) is 33.6. The number of H-pyrrole nitrogens is 1. The first-order chi connectivity index (χ1) is 27.5. The molecule has 0 saturated carbocycles. The lowest BCUT2D eigenvalue weighted by Crippen LogP contribution is -2.27. The fourth-order valence-electron chi connectivity index (χ4n) is 6.47. The number of nitrogens with one attached hydrogen (secondary N) is 2. The molecular formula is C46H56N4O7. The molecule has 0 radical (unpaired) electrons. The molecule has 1 aromatic heterocycles. The molecule has 11 heteroatoms. The second-order valence-corrected chi connectivity index (χ2v) is 15.4. The molecule has 1 unspecified atom stereocenters. The average Bonchev–Trinajstić information content (AvgIpc) is 3.88. The van der Waals surface area contributed by atoms with Crippen molar-refractivity contribution in [1.29, 1.82) is 0 Å². The molecule has 11 nitrogen and oxygen atoms in total. The molecule has 0 aliphatic carbocycles. The summed E-state index contributed by atoms with van der Waals surface area (Å²) < 4.78 is 11.0. The monoisotopic (exact) mass is 776 g/mol. The predicted octanol–water partition coefficient (Wildman–Crippen LogP) is 9.76. The Bertz CT molecular complexity index is 1970. The maximum absolute atomic E-state index is 12.5. The van der Waals surface area contributed by atoms with Crippen LogP contribution in [0.2, 0.25) is 0 Å². The van der Waals surface area contributed by atoms with E-state index in [2.05, 4.69) is 22.4 Å². The Labute approximate surface area is 335 Å². The standard InChI is InChI=1S/C46H56N4O7/c1-5-6-7-8-9-10-11-12-13-14-29-47-40(51)28-17-32-15-18-34(19-16-32)42-43(35-24-26-37(27-25-35)55-31-41(52)56-46(2,3)4)49-44(48-42)36-22-20-33(21-23-36)38-30-39(45(53)54)57-50-38/h15-28,39H,5-14,29-31H2,1-4H3,(H,47,51)(H,48,49)(H,53,54)/b28-17+. The highest BCUT2D eigenvalue weighted by molar-refractivity contribution is 6.03. The Morgan fingerprint density at radius 2 is 1.42 bits per heavy atom. The van der Waals surface area contributed by atoms with Crippen LogP contribution in [0.3, 0.4) is 0 Å². The molecule has 57 heavy (non-hydrogen) atoms. The third kappa shape index (κ3) is 13.5. The van der Waals surface area contributed by atoms with Gasteiger partial charge < -0.3 is 29.7 Å². The summed E-state index contributed by atoms with van der Waals surface area (Å²) in [5.41, 5.74) is 5.67. The van der Waals surface area contributed by atoms with Crippen molar-refractivity contribution in [3.8, 4) is 39.7 Å². The molecule has 0 fully saturated rings. The van der Waals surface area contributed by atoms with Gasteiger partial charge in [-0.2, -0.15) is 0 Å². The van der Waals surface area contributed by atoms with Crippen LogP contribution in [0.15, 0.2) is 84.0 Å². The normalized spacial score (nSPS) is 14.0. The maximum atomic E-state index is 12.5. The van der Waals surface area contributed by atoms with Crippen molar-refractivity contribution in [3.05, 3.63) is 90.0 Å². The third-order valence-corrected chi connectivity index (χ3v) is 9.50. The molecule has 4 aromatic rings. The number of hydrogen-bond donors (Lipinski definition) is 3. The summed E-state index contributed by atoms with van der Waals surface area (Å²) in [6.07, 6.45) is 15.2. The number of unbranched alkanes of at least 4 members (excludes halogenated alkanes) is 9. The first-order valence-electron chi connectivity index (χ1n) is 20.2. The number of imidazole rings is 1. The first kappa shape index (κ1) is 42.4. The highest BCUT2D eigenvalue weighted by Gasteiger charge is 2.28. The van der Waals surface area contributed by atoms with E-state index in [4.69, 9.17) is 19.3 Å². The van der Waals surface area contributed by atoms with Gasteiger partial charge in [-0.3, -0.25) is 4.79 Å². The number of benzene rings is 3. The molecule has 0 saturated heterocycles. The van der Waals surface area contributed by atoms with Gasteiger partial charge in [-0.15, -0.1) is 0 Å². The molecule has 5 rings (SSSR count). The van der Waals surface area contributed by atoms with Gasteiger partial charge in [0.1, 0.15) is 17.2 Å². The van der Waals surface area contributed by atoms with Crippen LogP contribution in [0.25, 0.3) is 40.0 Å². The van der Waals surface area contributed by atoms with Crippen LogP contribution in [-0.2, 0) is 24.0 Å².